The monoisotopic (exact) mass is 419 g/mol. The topological polar surface area (TPSA) is 82.8 Å². The van der Waals surface area contributed by atoms with Gasteiger partial charge in [-0.05, 0) is 30.7 Å². The molecule has 0 atom stereocenters. The zero-order chi connectivity index (χ0) is 20.0. The van der Waals surface area contributed by atoms with Gasteiger partial charge in [-0.2, -0.15) is 0 Å². The van der Waals surface area contributed by atoms with Crippen LogP contribution in [0.25, 0.3) is 44.3 Å². The Morgan fingerprint density at radius 3 is 1.76 bits per heavy atom. The maximum absolute atomic E-state index is 5.85. The van der Waals surface area contributed by atoms with Gasteiger partial charge in [-0.1, -0.05) is 25.5 Å². The molecular formula is C22H21N5S2. The van der Waals surface area contributed by atoms with Gasteiger partial charge in [0, 0.05) is 50.2 Å². The molecule has 0 spiro atoms. The molecule has 5 nitrogen and oxygen atoms in total. The highest BCUT2D eigenvalue weighted by molar-refractivity contribution is 7.14. The van der Waals surface area contributed by atoms with Gasteiger partial charge < -0.3 is 16.0 Å². The highest BCUT2D eigenvalue weighted by atomic mass is 32.1. The summed E-state index contributed by atoms with van der Waals surface area (Å²) < 4.78 is 2.42. The Hall–Kier alpha value is -2.90. The average Bonchev–Trinajstić information content (AvgIpc) is 3.43. The van der Waals surface area contributed by atoms with Crippen molar-refractivity contribution in [1.29, 1.82) is 0 Å². The first kappa shape index (κ1) is 18.1. The van der Waals surface area contributed by atoms with Crippen molar-refractivity contribution in [1.82, 2.24) is 14.5 Å². The summed E-state index contributed by atoms with van der Waals surface area (Å²) in [6, 6.07) is 13.1. The van der Waals surface area contributed by atoms with Gasteiger partial charge in [-0.3, -0.25) is 0 Å². The van der Waals surface area contributed by atoms with Crippen LogP contribution in [0.3, 0.4) is 0 Å². The number of rotatable bonds is 5. The van der Waals surface area contributed by atoms with Crippen molar-refractivity contribution >= 4 is 54.7 Å². The summed E-state index contributed by atoms with van der Waals surface area (Å²) in [6.45, 7) is 3.23. The first-order valence-corrected chi connectivity index (χ1v) is 11.4. The van der Waals surface area contributed by atoms with Crippen LogP contribution < -0.4 is 11.5 Å². The molecule has 3 aromatic heterocycles. The largest absolute Gasteiger partial charge is 0.375 e. The van der Waals surface area contributed by atoms with Crippen molar-refractivity contribution in [3.8, 4) is 22.5 Å². The number of nitrogens with zero attached hydrogens (tertiary/aromatic N) is 3. The number of hydrogen-bond acceptors (Lipinski definition) is 6. The molecule has 0 fully saturated rings. The molecule has 3 heterocycles. The zero-order valence-corrected chi connectivity index (χ0v) is 17.7. The Balaban J connectivity index is 1.75. The van der Waals surface area contributed by atoms with E-state index in [9.17, 15) is 0 Å². The third-order valence-corrected chi connectivity index (χ3v) is 6.58. The number of nitrogen functional groups attached to an aromatic ring is 2. The normalized spacial score (nSPS) is 11.6. The highest BCUT2D eigenvalue weighted by Gasteiger charge is 2.14. The van der Waals surface area contributed by atoms with Crippen LogP contribution >= 0.6 is 22.7 Å². The van der Waals surface area contributed by atoms with E-state index in [2.05, 4.69) is 57.9 Å². The minimum Gasteiger partial charge on any atom is -0.375 e. The predicted molar refractivity (Wildman–Crippen MR) is 125 cm³/mol. The van der Waals surface area contributed by atoms with Crippen LogP contribution in [0.5, 0.6) is 0 Å². The summed E-state index contributed by atoms with van der Waals surface area (Å²) in [5.74, 6) is 0. The lowest BCUT2D eigenvalue weighted by atomic mass is 10.1. The molecule has 7 heteroatoms. The molecule has 0 radical (unpaired) electrons. The lowest BCUT2D eigenvalue weighted by Crippen LogP contribution is -1.97. The standard InChI is InChI=1S/C22H21N5S2/c1-2-3-8-27-19-6-4-13(17-11-28-21(23)25-17)9-15(19)16-10-14(5-7-20(16)27)18-12-29-22(24)26-18/h4-7,9-12H,2-3,8H2,1H3,(H2,23,25)(H2,24,26). The summed E-state index contributed by atoms with van der Waals surface area (Å²) in [5.41, 5.74) is 18.2. The number of unbranched alkanes of at least 4 members (excludes halogenated alkanes) is 1. The third kappa shape index (κ3) is 3.16. The molecule has 29 heavy (non-hydrogen) atoms. The fraction of sp³-hybridized carbons (Fsp3) is 0.182. The number of aryl methyl sites for hydroxylation is 1. The van der Waals surface area contributed by atoms with E-state index < -0.39 is 0 Å². The molecule has 2 aromatic carbocycles. The fourth-order valence-corrected chi connectivity index (χ4v) is 4.96. The lowest BCUT2D eigenvalue weighted by Gasteiger charge is -2.07. The Labute approximate surface area is 176 Å². The highest BCUT2D eigenvalue weighted by Crippen LogP contribution is 2.36. The van der Waals surface area contributed by atoms with E-state index in [0.29, 0.717) is 10.3 Å². The fourth-order valence-electron chi connectivity index (χ4n) is 3.82. The molecule has 5 aromatic rings. The van der Waals surface area contributed by atoms with E-state index in [1.54, 1.807) is 0 Å². The molecular weight excluding hydrogens is 398 g/mol. The maximum Gasteiger partial charge on any atom is 0.180 e. The van der Waals surface area contributed by atoms with Gasteiger partial charge in [0.25, 0.3) is 0 Å². The molecule has 0 aliphatic carbocycles. The molecule has 0 saturated carbocycles. The van der Waals surface area contributed by atoms with Gasteiger partial charge in [0.1, 0.15) is 0 Å². The zero-order valence-electron chi connectivity index (χ0n) is 16.1. The Bertz CT molecular complexity index is 1230. The molecule has 0 amide bonds. The summed E-state index contributed by atoms with van der Waals surface area (Å²) in [6.07, 6.45) is 2.31. The second-order valence-electron chi connectivity index (χ2n) is 7.11. The number of nitrogens with two attached hydrogens (primary N) is 2. The second kappa shape index (κ2) is 7.17. The van der Waals surface area contributed by atoms with E-state index in [1.807, 2.05) is 10.8 Å². The van der Waals surface area contributed by atoms with Gasteiger partial charge >= 0.3 is 0 Å². The van der Waals surface area contributed by atoms with Crippen molar-refractivity contribution in [2.24, 2.45) is 0 Å². The van der Waals surface area contributed by atoms with E-state index in [0.717, 1.165) is 41.9 Å². The molecule has 0 bridgehead atoms. The Morgan fingerprint density at radius 1 is 0.828 bits per heavy atom. The van der Waals surface area contributed by atoms with Crippen LogP contribution in [0.1, 0.15) is 19.8 Å². The number of thiazole rings is 2. The summed E-state index contributed by atoms with van der Waals surface area (Å²) >= 11 is 2.94. The molecule has 5 rings (SSSR count). The van der Waals surface area contributed by atoms with Crippen LogP contribution in [0.2, 0.25) is 0 Å². The van der Waals surface area contributed by atoms with Gasteiger partial charge in [0.05, 0.1) is 11.4 Å². The van der Waals surface area contributed by atoms with Gasteiger partial charge in [-0.15, -0.1) is 22.7 Å². The molecule has 0 saturated heterocycles. The quantitative estimate of drug-likeness (QED) is 0.366. The molecule has 4 N–H and O–H groups in total. The van der Waals surface area contributed by atoms with Crippen molar-refractivity contribution in [2.45, 2.75) is 26.3 Å². The lowest BCUT2D eigenvalue weighted by molar-refractivity contribution is 0.665. The van der Waals surface area contributed by atoms with Crippen molar-refractivity contribution < 1.29 is 0 Å². The first-order valence-electron chi connectivity index (χ1n) is 9.63. The first-order chi connectivity index (χ1) is 14.1. The summed E-state index contributed by atoms with van der Waals surface area (Å²) in [4.78, 5) is 8.92. The third-order valence-electron chi connectivity index (χ3n) is 5.24. The van der Waals surface area contributed by atoms with Crippen LogP contribution in [-0.4, -0.2) is 14.5 Å². The summed E-state index contributed by atoms with van der Waals surface area (Å²) in [7, 11) is 0. The van der Waals surface area contributed by atoms with E-state index in [-0.39, 0.29) is 0 Å². The van der Waals surface area contributed by atoms with Crippen molar-refractivity contribution in [2.75, 3.05) is 11.5 Å². The van der Waals surface area contributed by atoms with Crippen LogP contribution in [-0.2, 0) is 6.54 Å². The smallest absolute Gasteiger partial charge is 0.180 e. The van der Waals surface area contributed by atoms with Crippen molar-refractivity contribution in [3.05, 3.63) is 47.2 Å². The minimum absolute atomic E-state index is 0.592. The number of anilines is 2. The maximum atomic E-state index is 5.85. The summed E-state index contributed by atoms with van der Waals surface area (Å²) in [5, 5.41) is 7.66. The molecule has 0 aliphatic heterocycles. The van der Waals surface area contributed by atoms with E-state index >= 15 is 0 Å². The molecule has 146 valence electrons. The van der Waals surface area contributed by atoms with Crippen molar-refractivity contribution in [3.63, 3.8) is 0 Å². The number of benzene rings is 2. The SMILES string of the molecule is CCCCn1c2ccc(-c3csc(N)n3)cc2c2cc(-c3csc(N)n3)ccc21. The van der Waals surface area contributed by atoms with Gasteiger partial charge in [0.2, 0.25) is 0 Å². The second-order valence-corrected chi connectivity index (χ2v) is 8.89. The Kier molecular flexibility index (Phi) is 4.49. The number of aromatic nitrogens is 3. The molecule has 0 aliphatic rings. The minimum atomic E-state index is 0.592. The Morgan fingerprint density at radius 2 is 1.34 bits per heavy atom. The van der Waals surface area contributed by atoms with Crippen LogP contribution in [0.15, 0.2) is 47.2 Å². The van der Waals surface area contributed by atoms with E-state index in [1.165, 1.54) is 44.5 Å². The molecule has 0 unspecified atom stereocenters. The van der Waals surface area contributed by atoms with Crippen LogP contribution in [0, 0.1) is 0 Å². The average molecular weight is 420 g/mol. The van der Waals surface area contributed by atoms with Gasteiger partial charge in [-0.25, -0.2) is 9.97 Å². The van der Waals surface area contributed by atoms with E-state index in [4.69, 9.17) is 11.5 Å². The number of fused-ring (bicyclic) bond motifs is 3. The predicted octanol–water partition coefficient (Wildman–Crippen LogP) is 6.01. The van der Waals surface area contributed by atoms with Crippen LogP contribution in [0.4, 0.5) is 10.3 Å². The van der Waals surface area contributed by atoms with Gasteiger partial charge in [0.15, 0.2) is 10.3 Å². The number of hydrogen-bond donors (Lipinski definition) is 2.